The highest BCUT2D eigenvalue weighted by Crippen LogP contribution is 2.34. The van der Waals surface area contributed by atoms with E-state index in [-0.39, 0.29) is 22.1 Å². The Labute approximate surface area is 129 Å². The number of benzene rings is 1. The van der Waals surface area contributed by atoms with Crippen LogP contribution in [0.5, 0.6) is 0 Å². The lowest BCUT2D eigenvalue weighted by molar-refractivity contribution is -0.138. The third-order valence-electron chi connectivity index (χ3n) is 3.67. The van der Waals surface area contributed by atoms with Crippen LogP contribution >= 0.6 is 15.9 Å². The number of amides is 1. The fourth-order valence-electron chi connectivity index (χ4n) is 2.53. The summed E-state index contributed by atoms with van der Waals surface area (Å²) in [6, 6.07) is 3.04. The van der Waals surface area contributed by atoms with Gasteiger partial charge in [-0.1, -0.05) is 28.8 Å². The van der Waals surface area contributed by atoms with Crippen molar-refractivity contribution in [2.45, 2.75) is 43.9 Å². The van der Waals surface area contributed by atoms with Gasteiger partial charge in [-0.2, -0.15) is 13.2 Å². The summed E-state index contributed by atoms with van der Waals surface area (Å²) in [4.78, 5) is 12.2. The molecule has 0 saturated heterocycles. The Morgan fingerprint density at radius 3 is 2.57 bits per heavy atom. The monoisotopic (exact) mass is 364 g/mol. The van der Waals surface area contributed by atoms with Gasteiger partial charge in [-0.15, -0.1) is 0 Å². The molecule has 1 fully saturated rings. The van der Waals surface area contributed by atoms with Crippen LogP contribution < -0.4 is 11.1 Å². The fraction of sp³-hybridized carbons (Fsp3) is 0.500. The molecule has 1 aromatic carbocycles. The van der Waals surface area contributed by atoms with Crippen LogP contribution in [-0.2, 0) is 6.18 Å². The molecule has 2 unspecified atom stereocenters. The van der Waals surface area contributed by atoms with Gasteiger partial charge in [0.1, 0.15) is 0 Å². The van der Waals surface area contributed by atoms with E-state index in [0.717, 1.165) is 25.3 Å². The van der Waals surface area contributed by atoms with Crippen molar-refractivity contribution in [1.82, 2.24) is 5.32 Å². The molecule has 0 aliphatic heterocycles. The maximum atomic E-state index is 13.0. The van der Waals surface area contributed by atoms with Gasteiger partial charge in [-0.25, -0.2) is 0 Å². The van der Waals surface area contributed by atoms with E-state index in [2.05, 4.69) is 21.2 Å². The van der Waals surface area contributed by atoms with Gasteiger partial charge in [0.2, 0.25) is 0 Å². The van der Waals surface area contributed by atoms with Crippen LogP contribution in [0.4, 0.5) is 13.2 Å². The Hall–Kier alpha value is -1.08. The average molecular weight is 365 g/mol. The van der Waals surface area contributed by atoms with E-state index >= 15 is 0 Å². The number of rotatable bonds is 2. The van der Waals surface area contributed by atoms with Crippen LogP contribution in [0.2, 0.25) is 0 Å². The molecule has 7 heteroatoms. The molecule has 0 radical (unpaired) electrons. The normalized spacial score (nSPS) is 22.9. The zero-order chi connectivity index (χ0) is 15.6. The zero-order valence-electron chi connectivity index (χ0n) is 11.2. The topological polar surface area (TPSA) is 55.1 Å². The van der Waals surface area contributed by atoms with Crippen molar-refractivity contribution in [2.75, 3.05) is 0 Å². The second-order valence-corrected chi connectivity index (χ2v) is 6.13. The highest BCUT2D eigenvalue weighted by Gasteiger charge is 2.36. The molecular weight excluding hydrogens is 349 g/mol. The predicted octanol–water partition coefficient (Wildman–Crippen LogP) is 3.47. The van der Waals surface area contributed by atoms with Crippen molar-refractivity contribution in [2.24, 2.45) is 5.73 Å². The van der Waals surface area contributed by atoms with Crippen LogP contribution in [0.1, 0.15) is 41.6 Å². The fourth-order valence-corrected chi connectivity index (χ4v) is 2.89. The van der Waals surface area contributed by atoms with Crippen molar-refractivity contribution >= 4 is 21.8 Å². The van der Waals surface area contributed by atoms with Crippen molar-refractivity contribution in [3.63, 3.8) is 0 Å². The summed E-state index contributed by atoms with van der Waals surface area (Å²) in [5, 5.41) is 2.64. The van der Waals surface area contributed by atoms with Gasteiger partial charge in [0.25, 0.3) is 5.91 Å². The van der Waals surface area contributed by atoms with Crippen molar-refractivity contribution in [1.29, 1.82) is 0 Å². The Bertz CT molecular complexity index is 533. The smallest absolute Gasteiger partial charge is 0.348 e. The second-order valence-electron chi connectivity index (χ2n) is 5.22. The van der Waals surface area contributed by atoms with Gasteiger partial charge in [0.05, 0.1) is 11.1 Å². The molecule has 1 saturated carbocycles. The van der Waals surface area contributed by atoms with Gasteiger partial charge < -0.3 is 11.1 Å². The van der Waals surface area contributed by atoms with E-state index in [1.807, 2.05) is 0 Å². The van der Waals surface area contributed by atoms with Crippen LogP contribution in [0, 0.1) is 0 Å². The summed E-state index contributed by atoms with van der Waals surface area (Å²) in [6.07, 6.45) is -1.20. The van der Waals surface area contributed by atoms with Crippen LogP contribution in [-0.4, -0.2) is 18.0 Å². The summed E-state index contributed by atoms with van der Waals surface area (Å²) in [5.74, 6) is -0.725. The predicted molar refractivity (Wildman–Crippen MR) is 76.8 cm³/mol. The molecule has 2 atom stereocenters. The van der Waals surface area contributed by atoms with E-state index in [1.165, 1.54) is 12.1 Å². The molecule has 1 aliphatic rings. The molecule has 1 amide bonds. The number of hydrogen-bond acceptors (Lipinski definition) is 2. The quantitative estimate of drug-likeness (QED) is 0.843. The lowest BCUT2D eigenvalue weighted by atomic mass is 9.90. The van der Waals surface area contributed by atoms with E-state index < -0.39 is 17.6 Å². The summed E-state index contributed by atoms with van der Waals surface area (Å²) < 4.78 is 39.3. The number of alkyl halides is 3. The molecule has 1 aliphatic carbocycles. The summed E-state index contributed by atoms with van der Waals surface area (Å²) in [6.45, 7) is 0. The minimum atomic E-state index is -4.58. The Kier molecular flexibility index (Phi) is 4.93. The maximum absolute atomic E-state index is 13.0. The highest BCUT2D eigenvalue weighted by molar-refractivity contribution is 9.10. The number of carbonyl (C=O) groups excluding carboxylic acids is 1. The zero-order valence-corrected chi connectivity index (χ0v) is 12.8. The van der Waals surface area contributed by atoms with E-state index in [1.54, 1.807) is 0 Å². The number of hydrogen-bond donors (Lipinski definition) is 2. The van der Waals surface area contributed by atoms with Crippen molar-refractivity contribution in [3.05, 3.63) is 33.8 Å². The molecule has 2 rings (SSSR count). The van der Waals surface area contributed by atoms with E-state index in [4.69, 9.17) is 5.73 Å². The molecule has 0 heterocycles. The summed E-state index contributed by atoms with van der Waals surface area (Å²) in [5.41, 5.74) is 4.59. The molecule has 0 aromatic heterocycles. The Morgan fingerprint density at radius 1 is 1.29 bits per heavy atom. The van der Waals surface area contributed by atoms with Crippen LogP contribution in [0.15, 0.2) is 22.7 Å². The molecule has 21 heavy (non-hydrogen) atoms. The summed E-state index contributed by atoms with van der Waals surface area (Å²) in [7, 11) is 0. The van der Waals surface area contributed by atoms with Crippen LogP contribution in [0.25, 0.3) is 0 Å². The number of halogens is 4. The lowest BCUT2D eigenvalue weighted by Gasteiger charge is -2.29. The summed E-state index contributed by atoms with van der Waals surface area (Å²) >= 11 is 2.99. The first-order chi connectivity index (χ1) is 9.79. The van der Waals surface area contributed by atoms with Crippen molar-refractivity contribution < 1.29 is 18.0 Å². The maximum Gasteiger partial charge on any atom is 0.417 e. The van der Waals surface area contributed by atoms with Crippen LogP contribution in [0.3, 0.4) is 0 Å². The average Bonchev–Trinajstić information content (AvgIpc) is 2.40. The lowest BCUT2D eigenvalue weighted by Crippen LogP contribution is -2.49. The highest BCUT2D eigenvalue weighted by atomic mass is 79.9. The molecule has 116 valence electrons. The van der Waals surface area contributed by atoms with Gasteiger partial charge in [0.15, 0.2) is 0 Å². The van der Waals surface area contributed by atoms with E-state index in [9.17, 15) is 18.0 Å². The molecule has 0 bridgehead atoms. The standard InChI is InChI=1S/C14H16BrF3N2O/c15-8-5-6-9(10(7-8)14(16,17)18)13(21)20-12-4-2-1-3-11(12)19/h5-7,11-12H,1-4,19H2,(H,20,21). The number of carbonyl (C=O) groups is 1. The van der Waals surface area contributed by atoms with E-state index in [0.29, 0.717) is 6.42 Å². The van der Waals surface area contributed by atoms with Gasteiger partial charge >= 0.3 is 6.18 Å². The number of nitrogens with two attached hydrogens (primary N) is 1. The molecular formula is C14H16BrF3N2O. The Morgan fingerprint density at radius 2 is 1.95 bits per heavy atom. The largest absolute Gasteiger partial charge is 0.417 e. The molecule has 3 N–H and O–H groups in total. The van der Waals surface area contributed by atoms with Gasteiger partial charge in [-0.3, -0.25) is 4.79 Å². The van der Waals surface area contributed by atoms with Crippen molar-refractivity contribution in [3.8, 4) is 0 Å². The Balaban J connectivity index is 2.23. The molecule has 0 spiro atoms. The minimum Gasteiger partial charge on any atom is -0.348 e. The molecule has 1 aromatic rings. The second kappa shape index (κ2) is 6.36. The first kappa shape index (κ1) is 16.3. The first-order valence-electron chi connectivity index (χ1n) is 6.72. The SMILES string of the molecule is NC1CCCCC1NC(=O)c1ccc(Br)cc1C(F)(F)F. The third-order valence-corrected chi connectivity index (χ3v) is 4.16. The third kappa shape index (κ3) is 3.97. The minimum absolute atomic E-state index is 0.201. The molecule has 3 nitrogen and oxygen atoms in total. The number of nitrogens with one attached hydrogen (secondary N) is 1. The first-order valence-corrected chi connectivity index (χ1v) is 7.51. The van der Waals surface area contributed by atoms with Gasteiger partial charge in [-0.05, 0) is 31.0 Å². The van der Waals surface area contributed by atoms with Gasteiger partial charge in [0, 0.05) is 16.6 Å².